The zero-order valence-electron chi connectivity index (χ0n) is 28.5. The number of hydrogen-bond donors (Lipinski definition) is 2. The van der Waals surface area contributed by atoms with E-state index in [1.54, 1.807) is 85.8 Å². The maximum absolute atomic E-state index is 15.4. The molecule has 4 aromatic carbocycles. The maximum atomic E-state index is 15.4. The van der Waals surface area contributed by atoms with E-state index in [4.69, 9.17) is 32.7 Å². The molecule has 0 spiro atoms. The minimum absolute atomic E-state index is 0.0000161. The number of ether oxygens (including phenoxy) is 2. The maximum Gasteiger partial charge on any atom is 0.352 e. The van der Waals surface area contributed by atoms with Gasteiger partial charge in [-0.15, -0.1) is 0 Å². The fraction of sp³-hybridized carbons (Fsp3) is 0.231. The number of anilines is 1. The van der Waals surface area contributed by atoms with Crippen molar-refractivity contribution in [3.8, 4) is 22.9 Å². The summed E-state index contributed by atoms with van der Waals surface area (Å²) in [5, 5.41) is 12.3. The fourth-order valence-corrected chi connectivity index (χ4v) is 8.71. The van der Waals surface area contributed by atoms with Crippen LogP contribution in [0, 0.1) is 5.92 Å². The topological polar surface area (TPSA) is 137 Å². The van der Waals surface area contributed by atoms with E-state index in [9.17, 15) is 19.5 Å². The third-order valence-corrected chi connectivity index (χ3v) is 11.0. The molecule has 0 unspecified atom stereocenters. The third-order valence-electron chi connectivity index (χ3n) is 10.5. The van der Waals surface area contributed by atoms with Gasteiger partial charge in [0.2, 0.25) is 0 Å². The van der Waals surface area contributed by atoms with Crippen molar-refractivity contribution in [1.82, 2.24) is 18.9 Å². The SMILES string of the molecule is CCOc1cc([C@H]2C3=CCn4c(=O)n(-c5ccccc5)c(=O)n4[C@@H]3C[C@H]3C(=O)N(Nc4ccc(Cl)cc4Cl)C(=O)[C@@]23c2ccc(OC)cc2)ccc1O. The lowest BCUT2D eigenvalue weighted by Gasteiger charge is -2.49. The number of hydrazine groups is 1. The van der Waals surface area contributed by atoms with Crippen molar-refractivity contribution in [2.24, 2.45) is 5.92 Å². The molecule has 1 aromatic heterocycles. The predicted octanol–water partition coefficient (Wildman–Crippen LogP) is 5.84. The van der Waals surface area contributed by atoms with Crippen molar-refractivity contribution in [1.29, 1.82) is 0 Å². The second-order valence-corrected chi connectivity index (χ2v) is 13.9. The van der Waals surface area contributed by atoms with Gasteiger partial charge in [-0.1, -0.05) is 65.7 Å². The molecular weight excluding hydrogens is 721 g/mol. The highest BCUT2D eigenvalue weighted by molar-refractivity contribution is 6.36. The molecule has 5 aromatic rings. The number of methoxy groups -OCH3 is 1. The van der Waals surface area contributed by atoms with Gasteiger partial charge in [-0.3, -0.25) is 15.0 Å². The number of nitrogens with zero attached hydrogens (tertiary/aromatic N) is 4. The molecule has 1 aliphatic carbocycles. The van der Waals surface area contributed by atoms with Gasteiger partial charge < -0.3 is 14.6 Å². The van der Waals surface area contributed by atoms with Crippen LogP contribution in [-0.2, 0) is 21.5 Å². The smallest absolute Gasteiger partial charge is 0.352 e. The van der Waals surface area contributed by atoms with Crippen LogP contribution in [0.4, 0.5) is 5.69 Å². The van der Waals surface area contributed by atoms with E-state index in [0.29, 0.717) is 33.2 Å². The largest absolute Gasteiger partial charge is 0.504 e. The summed E-state index contributed by atoms with van der Waals surface area (Å²) in [5.74, 6) is -2.43. The van der Waals surface area contributed by atoms with Crippen LogP contribution in [0.15, 0.2) is 112 Å². The number of halogens is 2. The number of hydrogen-bond acceptors (Lipinski definition) is 8. The highest BCUT2D eigenvalue weighted by Gasteiger charge is 2.69. The number of aromatic nitrogens is 3. The Bertz CT molecular complexity index is 2440. The summed E-state index contributed by atoms with van der Waals surface area (Å²) >= 11 is 12.7. The number of phenolic OH excluding ortho intramolecular Hbond substituents is 1. The van der Waals surface area contributed by atoms with Gasteiger partial charge in [-0.2, -0.15) is 5.01 Å². The van der Waals surface area contributed by atoms with Crippen LogP contribution >= 0.6 is 23.2 Å². The van der Waals surface area contributed by atoms with Crippen molar-refractivity contribution >= 4 is 40.7 Å². The Morgan fingerprint density at radius 3 is 2.38 bits per heavy atom. The molecule has 53 heavy (non-hydrogen) atoms. The number of carbonyl (C=O) groups is 2. The van der Waals surface area contributed by atoms with Gasteiger partial charge in [0, 0.05) is 10.9 Å². The number of phenols is 1. The van der Waals surface area contributed by atoms with Crippen LogP contribution in [0.2, 0.25) is 10.0 Å². The van der Waals surface area contributed by atoms with Crippen LogP contribution in [-0.4, -0.2) is 49.6 Å². The molecule has 8 rings (SSSR count). The Hall–Kier alpha value is -5.72. The number of carbonyl (C=O) groups excluding carboxylic acids is 2. The molecule has 12 nitrogen and oxygen atoms in total. The lowest BCUT2D eigenvalue weighted by Crippen LogP contribution is -2.53. The van der Waals surface area contributed by atoms with Crippen molar-refractivity contribution < 1.29 is 24.2 Å². The molecule has 1 saturated carbocycles. The zero-order valence-corrected chi connectivity index (χ0v) is 30.0. The fourth-order valence-electron chi connectivity index (χ4n) is 8.26. The molecule has 2 N–H and O–H groups in total. The number of amides is 2. The summed E-state index contributed by atoms with van der Waals surface area (Å²) in [6, 6.07) is 24.3. The summed E-state index contributed by atoms with van der Waals surface area (Å²) in [6.45, 7) is 2.07. The molecule has 0 bridgehead atoms. The summed E-state index contributed by atoms with van der Waals surface area (Å²) < 4.78 is 15.2. The average Bonchev–Trinajstić information content (AvgIpc) is 3.54. The van der Waals surface area contributed by atoms with E-state index >= 15 is 4.79 Å². The van der Waals surface area contributed by atoms with E-state index in [0.717, 1.165) is 9.58 Å². The molecule has 4 atom stereocenters. The summed E-state index contributed by atoms with van der Waals surface area (Å²) in [7, 11) is 1.53. The van der Waals surface area contributed by atoms with E-state index in [-0.39, 0.29) is 41.8 Å². The number of benzene rings is 4. The second-order valence-electron chi connectivity index (χ2n) is 13.1. The highest BCUT2D eigenvalue weighted by Crippen LogP contribution is 2.62. The van der Waals surface area contributed by atoms with Crippen LogP contribution in [0.1, 0.15) is 36.4 Å². The normalized spacial score (nSPS) is 21.8. The lowest BCUT2D eigenvalue weighted by atomic mass is 9.53. The Morgan fingerprint density at radius 2 is 1.68 bits per heavy atom. The van der Waals surface area contributed by atoms with Crippen LogP contribution in [0.5, 0.6) is 17.2 Å². The molecule has 2 fully saturated rings. The number of rotatable bonds is 8. The number of imide groups is 1. The van der Waals surface area contributed by atoms with Crippen LogP contribution in [0.3, 0.4) is 0 Å². The Balaban J connectivity index is 1.39. The van der Waals surface area contributed by atoms with E-state index < -0.39 is 46.5 Å². The quantitative estimate of drug-likeness (QED) is 0.149. The Kier molecular flexibility index (Phi) is 8.46. The van der Waals surface area contributed by atoms with Gasteiger partial charge in [0.15, 0.2) is 11.5 Å². The number of nitrogens with one attached hydrogen (secondary N) is 1. The monoisotopic (exact) mass is 753 g/mol. The van der Waals surface area contributed by atoms with Gasteiger partial charge >= 0.3 is 11.4 Å². The highest BCUT2D eigenvalue weighted by atomic mass is 35.5. The van der Waals surface area contributed by atoms with Gasteiger partial charge in [-0.25, -0.2) is 23.5 Å². The van der Waals surface area contributed by atoms with E-state index in [1.807, 2.05) is 6.08 Å². The van der Waals surface area contributed by atoms with Crippen molar-refractivity contribution in [2.45, 2.75) is 37.3 Å². The minimum Gasteiger partial charge on any atom is -0.504 e. The van der Waals surface area contributed by atoms with Crippen molar-refractivity contribution in [3.63, 3.8) is 0 Å². The van der Waals surface area contributed by atoms with Gasteiger partial charge in [0.05, 0.1) is 54.0 Å². The van der Waals surface area contributed by atoms with Crippen LogP contribution in [0.25, 0.3) is 5.69 Å². The molecule has 3 heterocycles. The molecule has 2 amide bonds. The van der Waals surface area contributed by atoms with E-state index in [1.165, 1.54) is 28.6 Å². The summed E-state index contributed by atoms with van der Waals surface area (Å²) in [4.78, 5) is 58.5. The zero-order chi connectivity index (χ0) is 37.2. The number of para-hydroxylation sites is 1. The first kappa shape index (κ1) is 34.4. The van der Waals surface area contributed by atoms with Gasteiger partial charge in [-0.05, 0) is 84.6 Å². The van der Waals surface area contributed by atoms with Gasteiger partial charge in [0.1, 0.15) is 5.75 Å². The van der Waals surface area contributed by atoms with E-state index in [2.05, 4.69) is 5.43 Å². The number of aromatic hydroxyl groups is 1. The molecule has 3 aliphatic rings. The molecule has 0 radical (unpaired) electrons. The number of fused-ring (bicyclic) bond motifs is 4. The standard InChI is InChI=1S/C39H33Cl2N5O7/c1-3-53-33-19-22(9-16-32(33)47)34-27-17-18-43-37(50)44(25-7-5-4-6-8-25)38(51)46(43)31(27)21-28-35(48)45(42-30-15-12-24(40)20-29(30)41)36(49)39(28,34)23-10-13-26(52-2)14-11-23/h4-17,19-20,28,31,34,42,47H,3,18,21H2,1-2H3/t28-,31+,34-,39+/m0/s1. The second kappa shape index (κ2) is 13.0. The average molecular weight is 755 g/mol. The van der Waals surface area contributed by atoms with Crippen LogP contribution < -0.4 is 26.3 Å². The summed E-state index contributed by atoms with van der Waals surface area (Å²) in [6.07, 6.45) is 1.87. The first-order chi connectivity index (χ1) is 25.6. The Morgan fingerprint density at radius 1 is 0.925 bits per heavy atom. The van der Waals surface area contributed by atoms with Gasteiger partial charge in [0.25, 0.3) is 11.8 Å². The molecule has 14 heteroatoms. The van der Waals surface area contributed by atoms with Crippen molar-refractivity contribution in [2.75, 3.05) is 19.1 Å². The minimum atomic E-state index is -1.59. The molecular formula is C39H33Cl2N5O7. The molecule has 270 valence electrons. The third kappa shape index (κ3) is 5.19. The van der Waals surface area contributed by atoms with Crippen molar-refractivity contribution in [3.05, 3.63) is 145 Å². The first-order valence-electron chi connectivity index (χ1n) is 17.0. The molecule has 1 saturated heterocycles. The Labute approximate surface area is 312 Å². The summed E-state index contributed by atoms with van der Waals surface area (Å²) in [5.41, 5.74) is 2.71. The first-order valence-corrected chi connectivity index (χ1v) is 17.8. The number of allylic oxidation sites excluding steroid dienone is 2. The molecule has 2 aliphatic heterocycles. The lowest BCUT2D eigenvalue weighted by molar-refractivity contribution is -0.138. The predicted molar refractivity (Wildman–Crippen MR) is 198 cm³/mol.